The average Bonchev–Trinajstić information content (AvgIpc) is 3.23. The molecule has 0 radical (unpaired) electrons. The molecule has 0 spiro atoms. The van der Waals surface area contributed by atoms with Gasteiger partial charge in [-0.2, -0.15) is 13.8 Å². The minimum Gasteiger partial charge on any atom is -0.381 e. The van der Waals surface area contributed by atoms with E-state index in [1.165, 1.54) is 4.90 Å². The molecule has 5 nitrogen and oxygen atoms in total. The molecule has 1 amide bonds. The Hall–Kier alpha value is -3.55. The first-order chi connectivity index (χ1) is 14.9. The maximum atomic E-state index is 14.4. The van der Waals surface area contributed by atoms with E-state index in [0.29, 0.717) is 18.5 Å². The Morgan fingerprint density at radius 2 is 1.81 bits per heavy atom. The van der Waals surface area contributed by atoms with E-state index in [2.05, 4.69) is 10.3 Å². The molecule has 1 unspecified atom stereocenters. The predicted octanol–water partition coefficient (Wildman–Crippen LogP) is 4.66. The molecule has 8 heteroatoms. The van der Waals surface area contributed by atoms with E-state index in [4.69, 9.17) is 5.73 Å². The van der Waals surface area contributed by atoms with Gasteiger partial charge in [-0.3, -0.25) is 4.79 Å². The average molecular weight is 426 g/mol. The zero-order valence-corrected chi connectivity index (χ0v) is 16.8. The minimum atomic E-state index is -1.49. The van der Waals surface area contributed by atoms with Gasteiger partial charge in [0.25, 0.3) is 5.95 Å². The molecule has 4 rings (SSSR count). The van der Waals surface area contributed by atoms with Gasteiger partial charge in [0.15, 0.2) is 11.6 Å². The van der Waals surface area contributed by atoms with Gasteiger partial charge in [-0.1, -0.05) is 36.4 Å². The molecule has 0 aliphatic carbocycles. The summed E-state index contributed by atoms with van der Waals surface area (Å²) in [6, 6.07) is 14.4. The summed E-state index contributed by atoms with van der Waals surface area (Å²) in [5, 5.41) is 2.78. The van der Waals surface area contributed by atoms with Gasteiger partial charge in [0, 0.05) is 12.2 Å². The molecule has 31 heavy (non-hydrogen) atoms. The largest absolute Gasteiger partial charge is 0.381 e. The molecular formula is C23H21F3N4O. The summed E-state index contributed by atoms with van der Waals surface area (Å²) < 4.78 is 42.4. The van der Waals surface area contributed by atoms with E-state index >= 15 is 0 Å². The molecule has 1 fully saturated rings. The summed E-state index contributed by atoms with van der Waals surface area (Å²) >= 11 is 0. The van der Waals surface area contributed by atoms with Crippen LogP contribution < -0.4 is 16.0 Å². The lowest BCUT2D eigenvalue weighted by Crippen LogP contribution is -2.41. The Balaban J connectivity index is 1.54. The Labute approximate surface area is 177 Å². The number of nitrogens with two attached hydrogens (primary N) is 1. The van der Waals surface area contributed by atoms with Crippen molar-refractivity contribution in [2.24, 2.45) is 0 Å². The summed E-state index contributed by atoms with van der Waals surface area (Å²) in [7, 11) is 0. The quantitative estimate of drug-likeness (QED) is 0.595. The number of carbonyl (C=O) groups excluding carboxylic acids is 1. The van der Waals surface area contributed by atoms with Crippen LogP contribution in [0.4, 0.5) is 30.4 Å². The SMILES string of the molecule is Cc1ccccc1-c1ccc(NC(=O)C2CCCN2c2c(F)c(N)nc(F)c2F)cc1. The van der Waals surface area contributed by atoms with E-state index in [9.17, 15) is 18.0 Å². The number of amides is 1. The predicted molar refractivity (Wildman–Crippen MR) is 114 cm³/mol. The van der Waals surface area contributed by atoms with Crippen molar-refractivity contribution < 1.29 is 18.0 Å². The van der Waals surface area contributed by atoms with Crippen LogP contribution >= 0.6 is 0 Å². The van der Waals surface area contributed by atoms with Gasteiger partial charge in [0.05, 0.1) is 0 Å². The van der Waals surface area contributed by atoms with Crippen LogP contribution in [0.1, 0.15) is 18.4 Å². The summed E-state index contributed by atoms with van der Waals surface area (Å²) in [5.41, 5.74) is 8.48. The summed E-state index contributed by atoms with van der Waals surface area (Å²) in [6.45, 7) is 2.22. The molecule has 1 aliphatic heterocycles. The fourth-order valence-electron chi connectivity index (χ4n) is 3.93. The van der Waals surface area contributed by atoms with Gasteiger partial charge in [-0.25, -0.2) is 4.39 Å². The van der Waals surface area contributed by atoms with Crippen LogP contribution in [0.5, 0.6) is 0 Å². The number of hydrogen-bond donors (Lipinski definition) is 2. The second-order valence-corrected chi connectivity index (χ2v) is 7.50. The lowest BCUT2D eigenvalue weighted by Gasteiger charge is -2.27. The van der Waals surface area contributed by atoms with Gasteiger partial charge >= 0.3 is 0 Å². The fourth-order valence-corrected chi connectivity index (χ4v) is 3.93. The van der Waals surface area contributed by atoms with Crippen molar-refractivity contribution in [2.75, 3.05) is 22.5 Å². The topological polar surface area (TPSA) is 71.2 Å². The number of carbonyl (C=O) groups is 1. The monoisotopic (exact) mass is 426 g/mol. The summed E-state index contributed by atoms with van der Waals surface area (Å²) in [6.07, 6.45) is 0.892. The molecule has 1 saturated heterocycles. The van der Waals surface area contributed by atoms with E-state index < -0.39 is 41.0 Å². The number of hydrogen-bond acceptors (Lipinski definition) is 4. The maximum Gasteiger partial charge on any atom is 0.253 e. The molecule has 3 N–H and O–H groups in total. The molecule has 1 atom stereocenters. The third kappa shape index (κ3) is 3.93. The van der Waals surface area contributed by atoms with Crippen molar-refractivity contribution in [3.8, 4) is 11.1 Å². The van der Waals surface area contributed by atoms with Crippen molar-refractivity contribution in [1.29, 1.82) is 0 Å². The number of rotatable bonds is 4. The van der Waals surface area contributed by atoms with Gasteiger partial charge in [0.1, 0.15) is 11.7 Å². The van der Waals surface area contributed by atoms with Gasteiger partial charge in [-0.15, -0.1) is 0 Å². The molecule has 1 aromatic heterocycles. The van der Waals surface area contributed by atoms with Crippen molar-refractivity contribution >= 4 is 23.1 Å². The molecule has 1 aliphatic rings. The smallest absolute Gasteiger partial charge is 0.253 e. The van der Waals surface area contributed by atoms with Crippen LogP contribution in [0, 0.1) is 24.5 Å². The van der Waals surface area contributed by atoms with Crippen molar-refractivity contribution in [1.82, 2.24) is 4.98 Å². The van der Waals surface area contributed by atoms with Crippen LogP contribution in [-0.2, 0) is 4.79 Å². The highest BCUT2D eigenvalue weighted by molar-refractivity contribution is 5.97. The van der Waals surface area contributed by atoms with Gasteiger partial charge < -0.3 is 16.0 Å². The first kappa shape index (κ1) is 20.7. The van der Waals surface area contributed by atoms with Crippen molar-refractivity contribution in [3.63, 3.8) is 0 Å². The zero-order valence-electron chi connectivity index (χ0n) is 16.8. The number of nitrogens with zero attached hydrogens (tertiary/aromatic N) is 2. The molecule has 160 valence electrons. The van der Waals surface area contributed by atoms with Gasteiger partial charge in [-0.05, 0) is 48.6 Å². The summed E-state index contributed by atoms with van der Waals surface area (Å²) in [4.78, 5) is 17.1. The highest BCUT2D eigenvalue weighted by Gasteiger charge is 2.36. The highest BCUT2D eigenvalue weighted by Crippen LogP contribution is 2.34. The molecule has 2 heterocycles. The fraction of sp³-hybridized carbons (Fsp3) is 0.217. The number of anilines is 3. The minimum absolute atomic E-state index is 0.195. The van der Waals surface area contributed by atoms with Crippen molar-refractivity contribution in [2.45, 2.75) is 25.8 Å². The van der Waals surface area contributed by atoms with Crippen molar-refractivity contribution in [3.05, 3.63) is 71.7 Å². The van der Waals surface area contributed by atoms with E-state index in [-0.39, 0.29) is 6.54 Å². The standard InChI is InChI=1S/C23H21F3N4O/c1-13-5-2-3-6-16(13)14-8-10-15(11-9-14)28-23(31)17-7-4-12-30(17)20-18(24)21(26)29-22(27)19(20)25/h2-3,5-6,8-11,17H,4,7,12H2,1H3,(H2,27,29)(H,28,31). The second-order valence-electron chi connectivity index (χ2n) is 7.50. The normalized spacial score (nSPS) is 15.9. The summed E-state index contributed by atoms with van der Waals surface area (Å²) in [5.74, 6) is -5.29. The highest BCUT2D eigenvalue weighted by atomic mass is 19.2. The molecule has 0 saturated carbocycles. The number of aromatic nitrogens is 1. The molecule has 0 bridgehead atoms. The lowest BCUT2D eigenvalue weighted by atomic mass is 10.0. The maximum absolute atomic E-state index is 14.4. The van der Waals surface area contributed by atoms with Crippen LogP contribution in [-0.4, -0.2) is 23.5 Å². The third-order valence-electron chi connectivity index (χ3n) is 5.49. The Kier molecular flexibility index (Phi) is 5.54. The van der Waals surface area contributed by atoms with E-state index in [1.54, 1.807) is 12.1 Å². The second kappa shape index (κ2) is 8.29. The van der Waals surface area contributed by atoms with Gasteiger partial charge in [0.2, 0.25) is 11.7 Å². The third-order valence-corrected chi connectivity index (χ3v) is 5.49. The van der Waals surface area contributed by atoms with Crippen LogP contribution in [0.3, 0.4) is 0 Å². The molecular weight excluding hydrogens is 405 g/mol. The van der Waals surface area contributed by atoms with E-state index in [1.807, 2.05) is 43.3 Å². The van der Waals surface area contributed by atoms with Crippen LogP contribution in [0.2, 0.25) is 0 Å². The Morgan fingerprint density at radius 3 is 2.52 bits per heavy atom. The van der Waals surface area contributed by atoms with Crippen LogP contribution in [0.15, 0.2) is 48.5 Å². The number of aryl methyl sites for hydroxylation is 1. The Morgan fingerprint density at radius 1 is 1.10 bits per heavy atom. The number of nitrogen functional groups attached to an aromatic ring is 1. The first-order valence-electron chi connectivity index (χ1n) is 9.90. The van der Waals surface area contributed by atoms with Crippen LogP contribution in [0.25, 0.3) is 11.1 Å². The number of halogens is 3. The molecule has 3 aromatic rings. The number of pyridine rings is 1. The lowest BCUT2D eigenvalue weighted by molar-refractivity contribution is -0.117. The Bertz CT molecular complexity index is 1110. The van der Waals surface area contributed by atoms with E-state index in [0.717, 1.165) is 16.7 Å². The number of benzene rings is 2. The number of nitrogens with one attached hydrogen (secondary N) is 1. The first-order valence-corrected chi connectivity index (χ1v) is 9.90. The molecule has 2 aromatic carbocycles. The zero-order chi connectivity index (χ0) is 22.1.